The van der Waals surface area contributed by atoms with Crippen LogP contribution in [-0.2, 0) is 12.8 Å². The number of halogens is 1. The zero-order valence-electron chi connectivity index (χ0n) is 12.1. The van der Waals surface area contributed by atoms with Gasteiger partial charge in [-0.1, -0.05) is 30.7 Å². The maximum atomic E-state index is 6.03. The number of nitrogens with two attached hydrogens (primary N) is 1. The summed E-state index contributed by atoms with van der Waals surface area (Å²) in [5.41, 5.74) is 10.9. The molecule has 2 N–H and O–H groups in total. The minimum atomic E-state index is 0.285. The van der Waals surface area contributed by atoms with Crippen molar-refractivity contribution in [1.29, 1.82) is 0 Å². The first kappa shape index (κ1) is 15.0. The van der Waals surface area contributed by atoms with Crippen molar-refractivity contribution < 1.29 is 0 Å². The maximum absolute atomic E-state index is 6.03. The largest absolute Gasteiger partial charge is 0.330 e. The summed E-state index contributed by atoms with van der Waals surface area (Å²) in [7, 11) is 0. The molecule has 2 aromatic rings. The fourth-order valence-corrected chi connectivity index (χ4v) is 2.85. The molecule has 0 aliphatic heterocycles. The maximum Gasteiger partial charge on any atom is 0.0442 e. The Labute approximate surface area is 126 Å². The Hall–Kier alpha value is -1.38. The number of nitrogens with zero attached hydrogens (tertiary/aromatic N) is 1. The zero-order valence-corrected chi connectivity index (χ0v) is 12.8. The lowest BCUT2D eigenvalue weighted by atomic mass is 9.89. The molecule has 1 heterocycles. The van der Waals surface area contributed by atoms with Crippen LogP contribution in [-0.4, -0.2) is 11.5 Å². The van der Waals surface area contributed by atoms with Gasteiger partial charge in [-0.05, 0) is 61.2 Å². The molecule has 0 spiro atoms. The van der Waals surface area contributed by atoms with E-state index in [2.05, 4.69) is 31.0 Å². The Kier molecular flexibility index (Phi) is 5.16. The molecule has 0 aliphatic carbocycles. The molecule has 0 bridgehead atoms. The molecule has 0 aliphatic rings. The Bertz CT molecular complexity index is 581. The van der Waals surface area contributed by atoms with Gasteiger partial charge in [-0.15, -0.1) is 0 Å². The van der Waals surface area contributed by atoms with Gasteiger partial charge in [-0.25, -0.2) is 0 Å². The first-order valence-electron chi connectivity index (χ1n) is 7.04. The van der Waals surface area contributed by atoms with Crippen LogP contribution >= 0.6 is 11.6 Å². The molecule has 0 amide bonds. The topological polar surface area (TPSA) is 38.9 Å². The monoisotopic (exact) mass is 288 g/mol. The van der Waals surface area contributed by atoms with Gasteiger partial charge in [0.05, 0.1) is 0 Å². The molecule has 106 valence electrons. The number of hydrogen-bond acceptors (Lipinski definition) is 2. The number of hydrogen-bond donors (Lipinski definition) is 1. The third kappa shape index (κ3) is 3.38. The van der Waals surface area contributed by atoms with Gasteiger partial charge in [0.2, 0.25) is 0 Å². The molecule has 0 fully saturated rings. The molecular formula is C17H21ClN2. The second-order valence-corrected chi connectivity index (χ2v) is 5.54. The number of pyridine rings is 1. The van der Waals surface area contributed by atoms with Crippen molar-refractivity contribution in [3.8, 4) is 0 Å². The number of aromatic nitrogens is 1. The molecule has 2 rings (SSSR count). The van der Waals surface area contributed by atoms with Gasteiger partial charge in [0, 0.05) is 22.8 Å². The van der Waals surface area contributed by atoms with Crippen molar-refractivity contribution in [3.05, 3.63) is 63.9 Å². The number of rotatable bonds is 5. The second-order valence-electron chi connectivity index (χ2n) is 5.10. The van der Waals surface area contributed by atoms with E-state index in [1.807, 2.05) is 24.4 Å². The van der Waals surface area contributed by atoms with Gasteiger partial charge in [0.25, 0.3) is 0 Å². The molecular weight excluding hydrogens is 268 g/mol. The summed E-state index contributed by atoms with van der Waals surface area (Å²) in [4.78, 5) is 4.53. The van der Waals surface area contributed by atoms with Crippen molar-refractivity contribution in [1.82, 2.24) is 4.98 Å². The smallest absolute Gasteiger partial charge is 0.0442 e. The van der Waals surface area contributed by atoms with Gasteiger partial charge in [0.1, 0.15) is 0 Å². The molecule has 3 heteroatoms. The van der Waals surface area contributed by atoms with Gasteiger partial charge in [-0.2, -0.15) is 0 Å². The average Bonchev–Trinajstić information content (AvgIpc) is 2.46. The summed E-state index contributed by atoms with van der Waals surface area (Å²) in [5, 5.41) is 0.772. The van der Waals surface area contributed by atoms with Crippen LogP contribution in [0.5, 0.6) is 0 Å². The Balaban J connectivity index is 2.29. The van der Waals surface area contributed by atoms with Crippen molar-refractivity contribution in [3.63, 3.8) is 0 Å². The van der Waals surface area contributed by atoms with Crippen molar-refractivity contribution in [2.45, 2.75) is 32.6 Å². The summed E-state index contributed by atoms with van der Waals surface area (Å²) in [5.74, 6) is 0.285. The lowest BCUT2D eigenvalue weighted by molar-refractivity contribution is 0.672. The summed E-state index contributed by atoms with van der Waals surface area (Å²) >= 11 is 6.03. The van der Waals surface area contributed by atoms with Crippen molar-refractivity contribution in [2.24, 2.45) is 5.73 Å². The average molecular weight is 289 g/mol. The van der Waals surface area contributed by atoms with Crippen molar-refractivity contribution >= 4 is 11.6 Å². The van der Waals surface area contributed by atoms with E-state index in [0.717, 1.165) is 23.6 Å². The molecule has 0 saturated carbocycles. The van der Waals surface area contributed by atoms with E-state index in [4.69, 9.17) is 17.3 Å². The van der Waals surface area contributed by atoms with E-state index in [1.165, 1.54) is 16.7 Å². The first-order chi connectivity index (χ1) is 9.65. The van der Waals surface area contributed by atoms with Crippen LogP contribution in [0.3, 0.4) is 0 Å². The second kappa shape index (κ2) is 6.87. The van der Waals surface area contributed by atoms with E-state index in [0.29, 0.717) is 6.54 Å². The van der Waals surface area contributed by atoms with Gasteiger partial charge in [-0.3, -0.25) is 4.98 Å². The minimum Gasteiger partial charge on any atom is -0.330 e. The van der Waals surface area contributed by atoms with E-state index in [1.54, 1.807) is 0 Å². The highest BCUT2D eigenvalue weighted by Crippen LogP contribution is 2.26. The minimum absolute atomic E-state index is 0.285. The fourth-order valence-electron chi connectivity index (χ4n) is 2.63. The molecule has 1 aromatic heterocycles. The lowest BCUT2D eigenvalue weighted by Crippen LogP contribution is -2.17. The van der Waals surface area contributed by atoms with Crippen LogP contribution in [0.4, 0.5) is 0 Å². The standard InChI is InChI=1S/C17H21ClN2/c1-3-13-5-4-8-20-17(13)10-14(11-19)16-7-6-15(18)9-12(16)2/h4-9,14H,3,10-11,19H2,1-2H3/t14-/m0/s1. The van der Waals surface area contributed by atoms with Crippen LogP contribution in [0.2, 0.25) is 5.02 Å². The Morgan fingerprint density at radius 2 is 2.10 bits per heavy atom. The SMILES string of the molecule is CCc1cccnc1C[C@@H](CN)c1ccc(Cl)cc1C. The molecule has 0 radical (unpaired) electrons. The number of aryl methyl sites for hydroxylation is 2. The highest BCUT2D eigenvalue weighted by Gasteiger charge is 2.15. The Morgan fingerprint density at radius 3 is 2.75 bits per heavy atom. The molecule has 1 atom stereocenters. The molecule has 2 nitrogen and oxygen atoms in total. The highest BCUT2D eigenvalue weighted by atomic mass is 35.5. The third-order valence-corrected chi connectivity index (χ3v) is 4.00. The highest BCUT2D eigenvalue weighted by molar-refractivity contribution is 6.30. The quantitative estimate of drug-likeness (QED) is 0.906. The summed E-state index contributed by atoms with van der Waals surface area (Å²) < 4.78 is 0. The number of benzene rings is 1. The molecule has 1 aromatic carbocycles. The van der Waals surface area contributed by atoms with Gasteiger partial charge >= 0.3 is 0 Å². The van der Waals surface area contributed by atoms with Crippen LogP contribution in [0.1, 0.15) is 35.2 Å². The molecule has 20 heavy (non-hydrogen) atoms. The zero-order chi connectivity index (χ0) is 14.5. The predicted molar refractivity (Wildman–Crippen MR) is 85.3 cm³/mol. The molecule has 0 unspecified atom stereocenters. The first-order valence-corrected chi connectivity index (χ1v) is 7.42. The molecule has 0 saturated heterocycles. The van der Waals surface area contributed by atoms with Crippen LogP contribution in [0.25, 0.3) is 0 Å². The summed E-state index contributed by atoms with van der Waals surface area (Å²) in [6.07, 6.45) is 3.74. The fraction of sp³-hybridized carbons (Fsp3) is 0.353. The van der Waals surface area contributed by atoms with E-state index >= 15 is 0 Å². The van der Waals surface area contributed by atoms with E-state index in [-0.39, 0.29) is 5.92 Å². The third-order valence-electron chi connectivity index (χ3n) is 3.76. The lowest BCUT2D eigenvalue weighted by Gasteiger charge is -2.19. The summed E-state index contributed by atoms with van der Waals surface area (Å²) in [6.45, 7) is 4.86. The van der Waals surface area contributed by atoms with Crippen LogP contribution in [0, 0.1) is 6.92 Å². The Morgan fingerprint density at radius 1 is 1.30 bits per heavy atom. The van der Waals surface area contributed by atoms with Crippen molar-refractivity contribution in [2.75, 3.05) is 6.54 Å². The van der Waals surface area contributed by atoms with E-state index < -0.39 is 0 Å². The van der Waals surface area contributed by atoms with Crippen LogP contribution < -0.4 is 5.73 Å². The van der Waals surface area contributed by atoms with Gasteiger partial charge in [0.15, 0.2) is 0 Å². The normalized spacial score (nSPS) is 12.4. The predicted octanol–water partition coefficient (Wildman–Crippen LogP) is 3.89. The van der Waals surface area contributed by atoms with E-state index in [9.17, 15) is 0 Å². The van der Waals surface area contributed by atoms with Gasteiger partial charge < -0.3 is 5.73 Å². The van der Waals surface area contributed by atoms with Crippen LogP contribution in [0.15, 0.2) is 36.5 Å². The summed E-state index contributed by atoms with van der Waals surface area (Å²) in [6, 6.07) is 10.2.